The molecule has 0 aromatic carbocycles. The number of halogens is 4. The Morgan fingerprint density at radius 2 is 0.804 bits per heavy atom. The van der Waals surface area contributed by atoms with E-state index in [1.807, 2.05) is 30.5 Å². The van der Waals surface area contributed by atoms with E-state index in [1.165, 1.54) is 40.8 Å². The lowest BCUT2D eigenvalue weighted by Crippen LogP contribution is -2.51. The lowest BCUT2D eigenvalue weighted by atomic mass is 9.87. The Balaban J connectivity index is 0.000000134. The van der Waals surface area contributed by atoms with Crippen molar-refractivity contribution in [2.75, 3.05) is 25.8 Å². The molecule has 4 N–H and O–H groups in total. The second-order valence-electron chi connectivity index (χ2n) is 22.4. The lowest BCUT2D eigenvalue weighted by molar-refractivity contribution is 0.0875. The molecular weight excluding hydrogens is 1350 g/mol. The Kier molecular flexibility index (Phi) is 19.5. The molecule has 15 rings (SSSR count). The fraction of sp³-hybridized carbons (Fsp3) is 0.297. The molecule has 0 atom stereocenters. The summed E-state index contributed by atoms with van der Waals surface area (Å²) in [5.41, 5.74) is -0.256. The summed E-state index contributed by atoms with van der Waals surface area (Å²) < 4.78 is 5.90. The van der Waals surface area contributed by atoms with Crippen LogP contribution in [0.15, 0.2) is 162 Å². The summed E-state index contributed by atoms with van der Waals surface area (Å²) in [4.78, 5) is 119. The minimum absolute atomic E-state index is 0. The SMILES string of the molecule is C.Ic1cccnc1.O=C1NC2(CCCCC2)n2c1c(Cl)cc(Nc1ccncn1)c2=O.O=C1c2c(Cl)cc(Nc3ccncn3)c(=O)n2C2(CCCCC2)N1c1cccnc1.O=C1c2c(Cl)cc(Nc3ccncn3)c(=O)n2C2(CCCCC2)N1c1cccnc1. The molecule has 3 aliphatic heterocycles. The van der Waals surface area contributed by atoms with Crippen LogP contribution in [0.25, 0.3) is 0 Å². The summed E-state index contributed by atoms with van der Waals surface area (Å²) in [5.74, 6) is 0.608. The van der Waals surface area contributed by atoms with E-state index in [1.54, 1.807) is 103 Å². The number of aromatic nitrogens is 12. The van der Waals surface area contributed by atoms with Crippen molar-refractivity contribution >= 4 is 121 Å². The van der Waals surface area contributed by atoms with Gasteiger partial charge in [-0.25, -0.2) is 29.9 Å². The van der Waals surface area contributed by atoms with Gasteiger partial charge >= 0.3 is 0 Å². The summed E-state index contributed by atoms with van der Waals surface area (Å²) in [6.07, 6.45) is 32.1. The van der Waals surface area contributed by atoms with Crippen LogP contribution in [-0.2, 0) is 17.0 Å². The normalized spacial score (nSPS) is 16.7. The van der Waals surface area contributed by atoms with E-state index < -0.39 is 17.0 Å². The molecular formula is C64H62Cl3IN18O6. The molecule has 0 bridgehead atoms. The molecule has 9 aromatic heterocycles. The highest BCUT2D eigenvalue weighted by atomic mass is 127. The Hall–Kier alpha value is -9.05. The Bertz CT molecular complexity index is 4150. The van der Waals surface area contributed by atoms with Crippen LogP contribution in [-0.4, -0.2) is 76.3 Å². The zero-order chi connectivity index (χ0) is 63.3. The average molecular weight is 1410 g/mol. The molecule has 24 nitrogen and oxygen atoms in total. The smallest absolute Gasteiger partial charge is 0.278 e. The minimum Gasteiger partial charge on any atom is -0.336 e. The van der Waals surface area contributed by atoms with Gasteiger partial charge in [0.1, 0.15) is 87.6 Å². The van der Waals surface area contributed by atoms with E-state index in [4.69, 9.17) is 34.8 Å². The maximum atomic E-state index is 13.6. The monoisotopic (exact) mass is 1410 g/mol. The molecule has 3 fully saturated rings. The number of rotatable bonds is 8. The lowest BCUT2D eigenvalue weighted by Gasteiger charge is -2.42. The van der Waals surface area contributed by atoms with Crippen molar-refractivity contribution in [3.8, 4) is 0 Å². The van der Waals surface area contributed by atoms with Gasteiger partial charge in [0, 0.05) is 46.9 Å². The fourth-order valence-electron chi connectivity index (χ4n) is 13.1. The van der Waals surface area contributed by atoms with Crippen molar-refractivity contribution in [3.05, 3.63) is 214 Å². The van der Waals surface area contributed by atoms with Crippen LogP contribution in [0, 0.1) is 3.57 Å². The molecule has 9 aromatic rings. The van der Waals surface area contributed by atoms with Gasteiger partial charge in [-0.15, -0.1) is 0 Å². The zero-order valence-corrected chi connectivity index (χ0v) is 53.1. The quantitative estimate of drug-likeness (QED) is 0.103. The Morgan fingerprint density at radius 3 is 1.14 bits per heavy atom. The second kappa shape index (κ2) is 27.8. The third-order valence-electron chi connectivity index (χ3n) is 16.9. The summed E-state index contributed by atoms with van der Waals surface area (Å²) in [5, 5.41) is 12.7. The number of pyridine rings is 6. The summed E-state index contributed by atoms with van der Waals surface area (Å²) >= 11 is 21.7. The van der Waals surface area contributed by atoms with Gasteiger partial charge in [-0.05, 0) is 172 Å². The molecule has 28 heteroatoms. The number of nitrogens with zero attached hydrogens (tertiary/aromatic N) is 14. The molecule has 3 saturated carbocycles. The Labute approximate surface area is 556 Å². The van der Waals surface area contributed by atoms with Crippen LogP contribution >= 0.6 is 57.4 Å². The highest BCUT2D eigenvalue weighted by Gasteiger charge is 2.54. The number of amides is 3. The van der Waals surface area contributed by atoms with Crippen molar-refractivity contribution in [1.82, 2.24) is 63.9 Å². The highest BCUT2D eigenvalue weighted by molar-refractivity contribution is 14.1. The molecule has 92 heavy (non-hydrogen) atoms. The van der Waals surface area contributed by atoms with Crippen molar-refractivity contribution in [2.24, 2.45) is 0 Å². The molecule has 3 amide bonds. The first-order valence-electron chi connectivity index (χ1n) is 29.6. The predicted molar refractivity (Wildman–Crippen MR) is 360 cm³/mol. The van der Waals surface area contributed by atoms with Gasteiger partial charge < -0.3 is 21.3 Å². The van der Waals surface area contributed by atoms with Gasteiger partial charge in [0.2, 0.25) is 0 Å². The maximum absolute atomic E-state index is 13.6. The molecule has 12 heterocycles. The standard InChI is InChI=1S/2C21H19ClN6O2.C16H16ClN5O2.C5H4IN.CH4/c2*22-15-11-16(26-17-6-10-24-13-25-17)19(29)28-18(15)20(30)27(14-5-4-9-23-12-14)21(28)7-2-1-3-8-21;17-10-8-11(20-12-4-7-18-9-19-12)15(24)22-13(10)14(23)21-16(22)5-2-1-3-6-16;6-5-2-1-3-7-4-5;/h2*4-6,9-13H,1-3,7-8H2,(H,24,25,26);4,7-9H,1-3,5-6H2,(H,21,23)(H,18,19,20);1-4H;1H4. The van der Waals surface area contributed by atoms with Crippen LogP contribution in [0.1, 0.15) is 135 Å². The predicted octanol–water partition coefficient (Wildman–Crippen LogP) is 12.1. The first-order valence-corrected chi connectivity index (χ1v) is 31.8. The average Bonchev–Trinajstić information content (AvgIpc) is 1.58. The van der Waals surface area contributed by atoms with Crippen LogP contribution < -0.4 is 47.7 Å². The molecule has 3 aliphatic carbocycles. The number of nitrogens with one attached hydrogen (secondary N) is 4. The van der Waals surface area contributed by atoms with Crippen LogP contribution in [0.4, 0.5) is 45.9 Å². The molecule has 0 radical (unpaired) electrons. The van der Waals surface area contributed by atoms with E-state index in [9.17, 15) is 28.8 Å². The first kappa shape index (κ1) is 64.5. The van der Waals surface area contributed by atoms with Gasteiger partial charge in [-0.2, -0.15) is 0 Å². The zero-order valence-electron chi connectivity index (χ0n) is 48.7. The molecule has 6 aliphatic rings. The summed E-state index contributed by atoms with van der Waals surface area (Å²) in [6, 6.07) is 20.6. The number of carbonyl (C=O) groups excluding carboxylic acids is 3. The first-order chi connectivity index (χ1) is 44.2. The van der Waals surface area contributed by atoms with Gasteiger partial charge in [-0.1, -0.05) is 61.5 Å². The third-order valence-corrected chi connectivity index (χ3v) is 18.4. The summed E-state index contributed by atoms with van der Waals surface area (Å²) in [6.45, 7) is 0. The number of hydrogen-bond acceptors (Lipinski definition) is 18. The van der Waals surface area contributed by atoms with Gasteiger partial charge in [0.25, 0.3) is 34.4 Å². The molecule has 0 saturated heterocycles. The van der Waals surface area contributed by atoms with Crippen molar-refractivity contribution in [1.29, 1.82) is 0 Å². The largest absolute Gasteiger partial charge is 0.336 e. The van der Waals surface area contributed by atoms with Crippen molar-refractivity contribution in [3.63, 3.8) is 0 Å². The van der Waals surface area contributed by atoms with Gasteiger partial charge in [-0.3, -0.25) is 67.2 Å². The highest BCUT2D eigenvalue weighted by Crippen LogP contribution is 2.49. The maximum Gasteiger partial charge on any atom is 0.278 e. The van der Waals surface area contributed by atoms with Gasteiger partial charge in [0.15, 0.2) is 0 Å². The molecule has 0 unspecified atom stereocenters. The van der Waals surface area contributed by atoms with E-state index >= 15 is 0 Å². The van der Waals surface area contributed by atoms with Crippen molar-refractivity contribution in [2.45, 2.75) is 121 Å². The van der Waals surface area contributed by atoms with Crippen LogP contribution in [0.5, 0.6) is 0 Å². The van der Waals surface area contributed by atoms with E-state index in [2.05, 4.69) is 88.7 Å². The molecule has 472 valence electrons. The number of carbonyl (C=O) groups is 3. The van der Waals surface area contributed by atoms with Crippen LogP contribution in [0.2, 0.25) is 15.1 Å². The topological polar surface area (TPSA) is 288 Å². The fourth-order valence-corrected chi connectivity index (χ4v) is 14.3. The summed E-state index contributed by atoms with van der Waals surface area (Å²) in [7, 11) is 0. The third kappa shape index (κ3) is 12.4. The second-order valence-corrected chi connectivity index (χ2v) is 24.8. The molecule has 3 spiro atoms. The van der Waals surface area contributed by atoms with Gasteiger partial charge in [0.05, 0.1) is 38.8 Å². The van der Waals surface area contributed by atoms with Crippen molar-refractivity contribution < 1.29 is 14.4 Å². The van der Waals surface area contributed by atoms with E-state index in [-0.39, 0.29) is 85.4 Å². The Morgan fingerprint density at radius 1 is 0.435 bits per heavy atom. The minimum atomic E-state index is -0.794. The number of hydrogen-bond donors (Lipinski definition) is 4. The van der Waals surface area contributed by atoms with Crippen LogP contribution in [0.3, 0.4) is 0 Å². The van der Waals surface area contributed by atoms with E-state index in [0.717, 1.165) is 70.6 Å². The number of fused-ring (bicyclic) bond motifs is 6. The number of anilines is 8. The van der Waals surface area contributed by atoms with E-state index in [0.29, 0.717) is 60.2 Å².